The van der Waals surface area contributed by atoms with Gasteiger partial charge in [0.25, 0.3) is 0 Å². The normalized spacial score (nSPS) is 10.7. The van der Waals surface area contributed by atoms with Gasteiger partial charge in [-0.1, -0.05) is 36.4 Å². The Morgan fingerprint density at radius 3 is 1.27 bits per heavy atom. The summed E-state index contributed by atoms with van der Waals surface area (Å²) in [4.78, 5) is 0. The van der Waals surface area contributed by atoms with Crippen LogP contribution in [0.1, 0.15) is 22.3 Å². The van der Waals surface area contributed by atoms with Crippen LogP contribution < -0.4 is 10.6 Å². The van der Waals surface area contributed by atoms with Crippen molar-refractivity contribution in [2.45, 2.75) is 27.7 Å². The third-order valence-electron chi connectivity index (χ3n) is 5.38. The van der Waals surface area contributed by atoms with E-state index in [0.717, 1.165) is 22.7 Å². The Morgan fingerprint density at radius 1 is 0.467 bits per heavy atom. The minimum absolute atomic E-state index is 1.12. The van der Waals surface area contributed by atoms with Crippen LogP contribution in [0.2, 0.25) is 0 Å². The van der Waals surface area contributed by atoms with Gasteiger partial charge in [0.2, 0.25) is 0 Å². The largest absolute Gasteiger partial charge is 0.355 e. The molecule has 0 spiro atoms. The van der Waals surface area contributed by atoms with Crippen LogP contribution in [0.4, 0.5) is 22.7 Å². The second-order valence-corrected chi connectivity index (χ2v) is 8.05. The van der Waals surface area contributed by atoms with Gasteiger partial charge in [0.15, 0.2) is 0 Å². The van der Waals surface area contributed by atoms with Crippen LogP contribution in [0.3, 0.4) is 0 Å². The third kappa shape index (κ3) is 4.55. The van der Waals surface area contributed by atoms with E-state index in [2.05, 4.69) is 123 Å². The molecule has 0 amide bonds. The molecule has 0 aliphatic carbocycles. The molecule has 150 valence electrons. The van der Waals surface area contributed by atoms with E-state index in [1.54, 1.807) is 0 Å². The van der Waals surface area contributed by atoms with Gasteiger partial charge in [-0.15, -0.1) is 0 Å². The highest BCUT2D eigenvalue weighted by Gasteiger charge is 2.06. The molecule has 2 nitrogen and oxygen atoms in total. The maximum Gasteiger partial charge on any atom is 0.0414 e. The van der Waals surface area contributed by atoms with Gasteiger partial charge in [-0.3, -0.25) is 0 Å². The molecule has 0 atom stereocenters. The van der Waals surface area contributed by atoms with Crippen LogP contribution in [-0.4, -0.2) is 0 Å². The summed E-state index contributed by atoms with van der Waals surface area (Å²) in [5.41, 5.74) is 11.9. The van der Waals surface area contributed by atoms with E-state index in [0.29, 0.717) is 0 Å². The molecule has 30 heavy (non-hydrogen) atoms. The van der Waals surface area contributed by atoms with E-state index in [1.165, 1.54) is 33.4 Å². The number of anilines is 4. The van der Waals surface area contributed by atoms with Crippen molar-refractivity contribution in [3.63, 3.8) is 0 Å². The molecule has 0 fully saturated rings. The molecule has 4 aromatic rings. The molecule has 0 aliphatic rings. The highest BCUT2D eigenvalue weighted by molar-refractivity contribution is 5.74. The fraction of sp³-hybridized carbons (Fsp3) is 0.143. The number of hydrogen-bond donors (Lipinski definition) is 2. The summed E-state index contributed by atoms with van der Waals surface area (Å²) in [6.07, 6.45) is 0. The van der Waals surface area contributed by atoms with E-state index in [-0.39, 0.29) is 0 Å². The number of nitrogens with one attached hydrogen (secondary N) is 2. The minimum atomic E-state index is 1.12. The SMILES string of the molecule is Cc1cccc(Nc2ccc(-c3ccc(Nc4cccc(C)c4)c(C)c3)cc2C)c1. The first-order chi connectivity index (χ1) is 14.5. The molecule has 0 aliphatic heterocycles. The summed E-state index contributed by atoms with van der Waals surface area (Å²) in [6, 6.07) is 30.1. The van der Waals surface area contributed by atoms with Gasteiger partial charge >= 0.3 is 0 Å². The molecule has 2 N–H and O–H groups in total. The van der Waals surface area contributed by atoms with E-state index in [9.17, 15) is 0 Å². The Hall–Kier alpha value is -3.52. The van der Waals surface area contributed by atoms with Gasteiger partial charge in [0, 0.05) is 22.7 Å². The van der Waals surface area contributed by atoms with Gasteiger partial charge in [-0.25, -0.2) is 0 Å². The van der Waals surface area contributed by atoms with Crippen molar-refractivity contribution in [1.82, 2.24) is 0 Å². The molecule has 0 bridgehead atoms. The molecule has 0 aromatic heterocycles. The number of hydrogen-bond acceptors (Lipinski definition) is 2. The predicted molar refractivity (Wildman–Crippen MR) is 130 cm³/mol. The van der Waals surface area contributed by atoms with Crippen LogP contribution in [0.15, 0.2) is 84.9 Å². The monoisotopic (exact) mass is 392 g/mol. The van der Waals surface area contributed by atoms with Crippen LogP contribution >= 0.6 is 0 Å². The average Bonchev–Trinajstić information content (AvgIpc) is 2.71. The lowest BCUT2D eigenvalue weighted by Gasteiger charge is -2.14. The number of aryl methyl sites for hydroxylation is 4. The van der Waals surface area contributed by atoms with Crippen molar-refractivity contribution in [2.75, 3.05) is 10.6 Å². The lowest BCUT2D eigenvalue weighted by Crippen LogP contribution is -1.95. The lowest BCUT2D eigenvalue weighted by atomic mass is 9.99. The van der Waals surface area contributed by atoms with Crippen molar-refractivity contribution in [1.29, 1.82) is 0 Å². The highest BCUT2D eigenvalue weighted by atomic mass is 14.9. The number of rotatable bonds is 5. The molecule has 2 heteroatoms. The Kier molecular flexibility index (Phi) is 5.58. The van der Waals surface area contributed by atoms with Crippen molar-refractivity contribution < 1.29 is 0 Å². The Labute approximate surface area is 179 Å². The van der Waals surface area contributed by atoms with E-state index >= 15 is 0 Å². The molecule has 4 rings (SSSR count). The van der Waals surface area contributed by atoms with Crippen molar-refractivity contribution in [3.8, 4) is 11.1 Å². The van der Waals surface area contributed by atoms with Gasteiger partial charge < -0.3 is 10.6 Å². The first kappa shape index (κ1) is 19.8. The smallest absolute Gasteiger partial charge is 0.0414 e. The van der Waals surface area contributed by atoms with E-state index in [1.807, 2.05) is 0 Å². The van der Waals surface area contributed by atoms with Crippen LogP contribution in [0.25, 0.3) is 11.1 Å². The summed E-state index contributed by atoms with van der Waals surface area (Å²) < 4.78 is 0. The molecular formula is C28H28N2. The maximum atomic E-state index is 3.53. The van der Waals surface area contributed by atoms with Gasteiger partial charge in [0.05, 0.1) is 0 Å². The third-order valence-corrected chi connectivity index (χ3v) is 5.38. The van der Waals surface area contributed by atoms with Crippen molar-refractivity contribution >= 4 is 22.7 Å². The molecule has 0 saturated heterocycles. The first-order valence-electron chi connectivity index (χ1n) is 10.4. The second kappa shape index (κ2) is 8.46. The fourth-order valence-corrected chi connectivity index (χ4v) is 3.72. The average molecular weight is 393 g/mol. The summed E-state index contributed by atoms with van der Waals surface area (Å²) in [5.74, 6) is 0. The Morgan fingerprint density at radius 2 is 0.900 bits per heavy atom. The topological polar surface area (TPSA) is 24.1 Å². The molecule has 0 heterocycles. The van der Waals surface area contributed by atoms with Crippen LogP contribution in [0.5, 0.6) is 0 Å². The zero-order chi connectivity index (χ0) is 21.1. The minimum Gasteiger partial charge on any atom is -0.355 e. The van der Waals surface area contributed by atoms with Crippen molar-refractivity contribution in [2.24, 2.45) is 0 Å². The second-order valence-electron chi connectivity index (χ2n) is 8.05. The number of benzene rings is 4. The van der Waals surface area contributed by atoms with Gasteiger partial charge in [-0.05, 0) is 110 Å². The molecular weight excluding hydrogens is 364 g/mol. The van der Waals surface area contributed by atoms with Crippen molar-refractivity contribution in [3.05, 3.63) is 107 Å². The standard InChI is InChI=1S/C28H28N2/c1-19-7-5-9-25(15-19)29-27-13-11-23(17-21(27)3)24-12-14-28(22(4)18-24)30-26-10-6-8-20(2)16-26/h5-18,29-30H,1-4H3. The molecule has 0 radical (unpaired) electrons. The quantitative estimate of drug-likeness (QED) is 0.359. The van der Waals surface area contributed by atoms with Crippen LogP contribution in [0, 0.1) is 27.7 Å². The van der Waals surface area contributed by atoms with Gasteiger partial charge in [0.1, 0.15) is 0 Å². The molecule has 4 aromatic carbocycles. The first-order valence-corrected chi connectivity index (χ1v) is 10.4. The summed E-state index contributed by atoms with van der Waals surface area (Å²) >= 11 is 0. The van der Waals surface area contributed by atoms with E-state index in [4.69, 9.17) is 0 Å². The fourth-order valence-electron chi connectivity index (χ4n) is 3.72. The highest BCUT2D eigenvalue weighted by Crippen LogP contribution is 2.30. The van der Waals surface area contributed by atoms with E-state index < -0.39 is 0 Å². The maximum absolute atomic E-state index is 3.53. The predicted octanol–water partition coefficient (Wildman–Crippen LogP) is 8.07. The molecule has 0 unspecified atom stereocenters. The Bertz CT molecular complexity index is 1100. The summed E-state index contributed by atoms with van der Waals surface area (Å²) in [7, 11) is 0. The molecule has 0 saturated carbocycles. The Balaban J connectivity index is 1.55. The van der Waals surface area contributed by atoms with Gasteiger partial charge in [-0.2, -0.15) is 0 Å². The summed E-state index contributed by atoms with van der Waals surface area (Å²) in [5, 5.41) is 7.07. The van der Waals surface area contributed by atoms with Crippen LogP contribution in [-0.2, 0) is 0 Å². The zero-order valence-corrected chi connectivity index (χ0v) is 18.1. The summed E-state index contributed by atoms with van der Waals surface area (Å²) in [6.45, 7) is 8.53. The zero-order valence-electron chi connectivity index (χ0n) is 18.1. The lowest BCUT2D eigenvalue weighted by molar-refractivity contribution is 1.39.